The molecule has 0 bridgehead atoms. The predicted octanol–water partition coefficient (Wildman–Crippen LogP) is 2.47. The number of amides is 2. The van der Waals surface area contributed by atoms with Crippen molar-refractivity contribution >= 4 is 21.7 Å². The number of benzene rings is 1. The number of ether oxygens (including phenoxy) is 2. The number of piperidine rings is 1. The highest BCUT2D eigenvalue weighted by atomic mass is 32.2. The van der Waals surface area contributed by atoms with Gasteiger partial charge in [0.1, 0.15) is 17.4 Å². The standard InChI is InChI=1S/C26H25F4N5O6S/c27-21-12-34(23(36)7-15-1-3-19(4-2-15)41-26(28,29)30)6-5-22(21)40-25-20(24(31)37)8-16(9-32-25)17-10-33-35(11-17)18-13-42(38,39)14-18/h1-4,8-11,18,21-22H,5-7,12-14H2,(H2,31,37)/t21-,22+/m0/s1. The quantitative estimate of drug-likeness (QED) is 0.383. The third kappa shape index (κ3) is 6.80. The van der Waals surface area contributed by atoms with E-state index in [1.54, 1.807) is 6.20 Å². The number of carbonyl (C=O) groups is 2. The van der Waals surface area contributed by atoms with E-state index in [1.165, 1.54) is 40.2 Å². The van der Waals surface area contributed by atoms with E-state index >= 15 is 4.39 Å². The molecule has 0 aliphatic carbocycles. The number of nitrogens with two attached hydrogens (primary N) is 1. The lowest BCUT2D eigenvalue weighted by Crippen LogP contribution is -2.49. The molecular formula is C26H25F4N5O6S. The number of pyridine rings is 1. The van der Waals surface area contributed by atoms with Gasteiger partial charge in [-0.1, -0.05) is 12.1 Å². The van der Waals surface area contributed by atoms with Crippen molar-refractivity contribution in [2.75, 3.05) is 24.6 Å². The normalized spacial score (nSPS) is 20.5. The van der Waals surface area contributed by atoms with Crippen molar-refractivity contribution in [1.29, 1.82) is 0 Å². The molecule has 0 unspecified atom stereocenters. The first-order valence-corrected chi connectivity index (χ1v) is 14.6. The zero-order valence-corrected chi connectivity index (χ0v) is 22.6. The SMILES string of the molecule is NC(=O)c1cc(-c2cnn(C3CS(=O)(=O)C3)c2)cnc1O[C@@H]1CCN(C(=O)Cc2ccc(OC(F)(F)F)cc2)C[C@@H]1F. The van der Waals surface area contributed by atoms with E-state index in [1.807, 2.05) is 0 Å². The van der Waals surface area contributed by atoms with Crippen molar-refractivity contribution in [2.24, 2.45) is 5.73 Å². The highest BCUT2D eigenvalue weighted by molar-refractivity contribution is 7.92. The van der Waals surface area contributed by atoms with E-state index in [-0.39, 0.29) is 54.9 Å². The smallest absolute Gasteiger partial charge is 0.471 e. The minimum atomic E-state index is -4.83. The van der Waals surface area contributed by atoms with Gasteiger partial charge in [-0.3, -0.25) is 14.3 Å². The number of hydrogen-bond acceptors (Lipinski definition) is 8. The zero-order valence-electron chi connectivity index (χ0n) is 21.8. The van der Waals surface area contributed by atoms with Gasteiger partial charge in [0.25, 0.3) is 5.91 Å². The minimum absolute atomic E-state index is 0.00557. The molecule has 4 heterocycles. The van der Waals surface area contributed by atoms with Gasteiger partial charge in [-0.05, 0) is 23.8 Å². The number of primary amides is 1. The van der Waals surface area contributed by atoms with Crippen molar-refractivity contribution in [3.8, 4) is 22.8 Å². The molecule has 0 radical (unpaired) electrons. The Morgan fingerprint density at radius 2 is 1.81 bits per heavy atom. The monoisotopic (exact) mass is 611 g/mol. The molecule has 224 valence electrons. The van der Waals surface area contributed by atoms with E-state index < -0.39 is 46.0 Å². The number of alkyl halides is 4. The fraction of sp³-hybridized carbons (Fsp3) is 0.385. The van der Waals surface area contributed by atoms with Crippen LogP contribution in [0.1, 0.15) is 28.4 Å². The van der Waals surface area contributed by atoms with Gasteiger partial charge in [-0.2, -0.15) is 5.10 Å². The maximum absolute atomic E-state index is 15.1. The molecule has 11 nitrogen and oxygen atoms in total. The average molecular weight is 612 g/mol. The summed E-state index contributed by atoms with van der Waals surface area (Å²) < 4.78 is 86.1. The molecule has 2 aromatic heterocycles. The van der Waals surface area contributed by atoms with Crippen molar-refractivity contribution in [3.05, 3.63) is 60.0 Å². The van der Waals surface area contributed by atoms with Crippen molar-refractivity contribution in [2.45, 2.75) is 37.5 Å². The Labute approximate surface area is 237 Å². The van der Waals surface area contributed by atoms with Gasteiger partial charge in [0, 0.05) is 36.5 Å². The fourth-order valence-corrected chi connectivity index (χ4v) is 6.12. The summed E-state index contributed by atoms with van der Waals surface area (Å²) >= 11 is 0. The lowest BCUT2D eigenvalue weighted by molar-refractivity contribution is -0.274. The largest absolute Gasteiger partial charge is 0.573 e. The second kappa shape index (κ2) is 11.2. The highest BCUT2D eigenvalue weighted by Crippen LogP contribution is 2.30. The summed E-state index contributed by atoms with van der Waals surface area (Å²) in [4.78, 5) is 30.3. The molecular weight excluding hydrogens is 586 g/mol. The topological polar surface area (TPSA) is 147 Å². The molecule has 2 atom stereocenters. The number of rotatable bonds is 8. The third-order valence-electron chi connectivity index (χ3n) is 6.93. The zero-order chi connectivity index (χ0) is 30.2. The first-order chi connectivity index (χ1) is 19.8. The van der Waals surface area contributed by atoms with E-state index in [0.717, 1.165) is 12.1 Å². The number of aromatic nitrogens is 3. The maximum Gasteiger partial charge on any atom is 0.573 e. The van der Waals surface area contributed by atoms with Crippen LogP contribution in [0.15, 0.2) is 48.9 Å². The van der Waals surface area contributed by atoms with Crippen LogP contribution >= 0.6 is 0 Å². The number of hydrogen-bond donors (Lipinski definition) is 1. The Morgan fingerprint density at radius 1 is 1.10 bits per heavy atom. The van der Waals surface area contributed by atoms with Crippen molar-refractivity contribution in [3.63, 3.8) is 0 Å². The van der Waals surface area contributed by atoms with Gasteiger partial charge < -0.3 is 20.1 Å². The molecule has 2 N–H and O–H groups in total. The Kier molecular flexibility index (Phi) is 7.83. The van der Waals surface area contributed by atoms with Gasteiger partial charge >= 0.3 is 6.36 Å². The molecule has 5 rings (SSSR count). The Morgan fingerprint density at radius 3 is 2.43 bits per heavy atom. The Hall–Kier alpha value is -4.21. The van der Waals surface area contributed by atoms with Crippen LogP contribution in [0.5, 0.6) is 11.6 Å². The van der Waals surface area contributed by atoms with Crippen molar-refractivity contribution < 1.29 is 45.0 Å². The molecule has 1 aromatic carbocycles. The van der Waals surface area contributed by atoms with Gasteiger partial charge in [0.15, 0.2) is 16.0 Å². The summed E-state index contributed by atoms with van der Waals surface area (Å²) in [5, 5.41) is 4.19. The maximum atomic E-state index is 15.1. The van der Waals surface area contributed by atoms with Crippen LogP contribution < -0.4 is 15.2 Å². The number of sulfone groups is 1. The van der Waals surface area contributed by atoms with Crippen LogP contribution in [0.2, 0.25) is 0 Å². The summed E-state index contributed by atoms with van der Waals surface area (Å²) in [6, 6.07) is 6.00. The lowest BCUT2D eigenvalue weighted by Gasteiger charge is -2.34. The third-order valence-corrected chi connectivity index (χ3v) is 8.71. The molecule has 0 saturated carbocycles. The predicted molar refractivity (Wildman–Crippen MR) is 139 cm³/mol. The minimum Gasteiger partial charge on any atom is -0.471 e. The van der Waals surface area contributed by atoms with Crippen LogP contribution in [-0.2, 0) is 21.1 Å². The number of likely N-dealkylation sites (tertiary alicyclic amines) is 1. The van der Waals surface area contributed by atoms with E-state index in [0.29, 0.717) is 16.7 Å². The summed E-state index contributed by atoms with van der Waals surface area (Å²) in [5.41, 5.74) is 6.92. The van der Waals surface area contributed by atoms with Crippen LogP contribution in [0.4, 0.5) is 17.6 Å². The second-order valence-corrected chi connectivity index (χ2v) is 12.2. The molecule has 3 aromatic rings. The van der Waals surface area contributed by atoms with Gasteiger partial charge in [0.2, 0.25) is 11.8 Å². The van der Waals surface area contributed by atoms with E-state index in [2.05, 4.69) is 14.8 Å². The Balaban J connectivity index is 1.19. The van der Waals surface area contributed by atoms with Gasteiger partial charge in [-0.15, -0.1) is 13.2 Å². The van der Waals surface area contributed by atoms with E-state index in [4.69, 9.17) is 10.5 Å². The summed E-state index contributed by atoms with van der Waals surface area (Å²) in [7, 11) is -3.04. The van der Waals surface area contributed by atoms with Crippen LogP contribution in [0.3, 0.4) is 0 Å². The summed E-state index contributed by atoms with van der Waals surface area (Å²) in [6.45, 7) is -0.155. The fourth-order valence-electron chi connectivity index (χ4n) is 4.74. The highest BCUT2D eigenvalue weighted by Gasteiger charge is 2.36. The molecule has 2 aliphatic rings. The number of nitrogens with zero attached hydrogens (tertiary/aromatic N) is 4. The van der Waals surface area contributed by atoms with Gasteiger partial charge in [0.05, 0.1) is 36.7 Å². The lowest BCUT2D eigenvalue weighted by atomic mass is 10.0. The summed E-state index contributed by atoms with van der Waals surface area (Å²) in [5.74, 6) is -1.87. The molecule has 16 heteroatoms. The summed E-state index contributed by atoms with van der Waals surface area (Å²) in [6.07, 6.45) is -2.99. The number of carbonyl (C=O) groups excluding carboxylic acids is 2. The van der Waals surface area contributed by atoms with Crippen LogP contribution in [0, 0.1) is 0 Å². The van der Waals surface area contributed by atoms with Crippen LogP contribution in [0.25, 0.3) is 11.1 Å². The molecule has 42 heavy (non-hydrogen) atoms. The van der Waals surface area contributed by atoms with Crippen LogP contribution in [-0.4, -0.2) is 83.1 Å². The molecule has 2 aliphatic heterocycles. The van der Waals surface area contributed by atoms with E-state index in [9.17, 15) is 31.2 Å². The molecule has 0 spiro atoms. The first-order valence-electron chi connectivity index (χ1n) is 12.7. The second-order valence-electron chi connectivity index (χ2n) is 10.0. The molecule has 2 amide bonds. The molecule has 2 saturated heterocycles. The average Bonchev–Trinajstić information content (AvgIpc) is 3.39. The van der Waals surface area contributed by atoms with Crippen molar-refractivity contribution in [1.82, 2.24) is 19.7 Å². The van der Waals surface area contributed by atoms with Gasteiger partial charge in [-0.25, -0.2) is 17.8 Å². The first kappa shape index (κ1) is 29.3. The molecule has 2 fully saturated rings. The number of halogens is 4. The Bertz CT molecular complexity index is 1580.